The van der Waals surface area contributed by atoms with E-state index in [1.165, 1.54) is 16.2 Å². The molecule has 2 nitrogen and oxygen atoms in total. The monoisotopic (exact) mass is 267 g/mol. The topological polar surface area (TPSA) is 25.2 Å². The van der Waals surface area contributed by atoms with E-state index in [9.17, 15) is 0 Å². The molecule has 20 heavy (non-hydrogen) atoms. The molecule has 0 saturated heterocycles. The van der Waals surface area contributed by atoms with Gasteiger partial charge in [0, 0.05) is 10.8 Å². The highest BCUT2D eigenvalue weighted by Crippen LogP contribution is 2.32. The number of furan rings is 1. The smallest absolute Gasteiger partial charge is 0.142 e. The van der Waals surface area contributed by atoms with Crippen LogP contribution in [0.15, 0.2) is 46.9 Å². The third-order valence-electron chi connectivity index (χ3n) is 3.82. The van der Waals surface area contributed by atoms with E-state index in [-0.39, 0.29) is 6.04 Å². The van der Waals surface area contributed by atoms with E-state index >= 15 is 0 Å². The van der Waals surface area contributed by atoms with Crippen LogP contribution in [0.1, 0.15) is 32.6 Å². The molecule has 3 rings (SSSR count). The van der Waals surface area contributed by atoms with Crippen LogP contribution in [0.4, 0.5) is 0 Å². The molecule has 1 atom stereocenters. The predicted molar refractivity (Wildman–Crippen MR) is 85.0 cm³/mol. The third kappa shape index (κ3) is 2.20. The van der Waals surface area contributed by atoms with Crippen molar-refractivity contribution < 1.29 is 4.42 Å². The van der Waals surface area contributed by atoms with E-state index < -0.39 is 0 Å². The summed E-state index contributed by atoms with van der Waals surface area (Å²) in [7, 11) is 0. The highest BCUT2D eigenvalue weighted by molar-refractivity contribution is 6.04. The van der Waals surface area contributed by atoms with Gasteiger partial charge in [-0.15, -0.1) is 0 Å². The molecule has 1 unspecified atom stereocenters. The molecule has 2 heteroatoms. The summed E-state index contributed by atoms with van der Waals surface area (Å²) >= 11 is 0. The molecular weight excluding hydrogens is 246 g/mol. The van der Waals surface area contributed by atoms with Gasteiger partial charge in [-0.2, -0.15) is 0 Å². The van der Waals surface area contributed by atoms with Crippen LogP contribution < -0.4 is 5.32 Å². The van der Waals surface area contributed by atoms with E-state index in [4.69, 9.17) is 4.42 Å². The van der Waals surface area contributed by atoms with Crippen LogP contribution in [-0.4, -0.2) is 6.54 Å². The van der Waals surface area contributed by atoms with Crippen LogP contribution in [0.25, 0.3) is 21.7 Å². The molecule has 0 amide bonds. The molecule has 0 radical (unpaired) electrons. The maximum atomic E-state index is 6.19. The van der Waals surface area contributed by atoms with Crippen molar-refractivity contribution in [3.63, 3.8) is 0 Å². The van der Waals surface area contributed by atoms with Gasteiger partial charge in [0.1, 0.15) is 11.3 Å². The predicted octanol–water partition coefficient (Wildman–Crippen LogP) is 4.89. The molecule has 0 bridgehead atoms. The van der Waals surface area contributed by atoms with Crippen molar-refractivity contribution in [3.05, 3.63) is 48.2 Å². The number of benzene rings is 2. The summed E-state index contributed by atoms with van der Waals surface area (Å²) in [6, 6.07) is 15.1. The molecule has 2 aromatic carbocycles. The maximum Gasteiger partial charge on any atom is 0.142 e. The molecule has 0 fully saturated rings. The number of fused-ring (bicyclic) bond motifs is 3. The second-order valence-electron chi connectivity index (χ2n) is 5.63. The Hall–Kier alpha value is -1.80. The second kappa shape index (κ2) is 5.29. The average molecular weight is 267 g/mol. The molecule has 3 aromatic rings. The Morgan fingerprint density at radius 2 is 1.80 bits per heavy atom. The van der Waals surface area contributed by atoms with Crippen LogP contribution in [0.3, 0.4) is 0 Å². The Labute approximate surface area is 119 Å². The van der Waals surface area contributed by atoms with Gasteiger partial charge in [-0.05, 0) is 23.9 Å². The summed E-state index contributed by atoms with van der Waals surface area (Å²) in [6.07, 6.45) is 0. The lowest BCUT2D eigenvalue weighted by Gasteiger charge is -2.19. The van der Waals surface area contributed by atoms with E-state index in [1.54, 1.807) is 0 Å². The first-order chi connectivity index (χ1) is 9.70. The van der Waals surface area contributed by atoms with Crippen LogP contribution in [0.5, 0.6) is 0 Å². The van der Waals surface area contributed by atoms with Crippen LogP contribution in [0, 0.1) is 5.92 Å². The zero-order valence-electron chi connectivity index (χ0n) is 12.3. The minimum atomic E-state index is 0.270. The van der Waals surface area contributed by atoms with Crippen molar-refractivity contribution in [2.24, 2.45) is 5.92 Å². The normalized spacial score (nSPS) is 13.4. The van der Waals surface area contributed by atoms with E-state index in [1.807, 2.05) is 0 Å². The Balaban J connectivity index is 2.16. The summed E-state index contributed by atoms with van der Waals surface area (Å²) in [5.74, 6) is 1.54. The van der Waals surface area contributed by atoms with Crippen molar-refractivity contribution in [1.29, 1.82) is 0 Å². The van der Waals surface area contributed by atoms with E-state index in [0.717, 1.165) is 17.9 Å². The van der Waals surface area contributed by atoms with Gasteiger partial charge >= 0.3 is 0 Å². The highest BCUT2D eigenvalue weighted by Gasteiger charge is 2.19. The highest BCUT2D eigenvalue weighted by atomic mass is 16.3. The fraction of sp³-hybridized carbons (Fsp3) is 0.333. The van der Waals surface area contributed by atoms with Gasteiger partial charge in [0.05, 0.1) is 6.04 Å². The van der Waals surface area contributed by atoms with Crippen molar-refractivity contribution in [2.75, 3.05) is 6.54 Å². The molecule has 0 aliphatic rings. The van der Waals surface area contributed by atoms with Crippen molar-refractivity contribution in [1.82, 2.24) is 5.32 Å². The Bertz CT molecular complexity index is 726. The molecule has 1 aromatic heterocycles. The number of nitrogens with one attached hydrogen (secondary N) is 1. The minimum absolute atomic E-state index is 0.270. The molecule has 1 N–H and O–H groups in total. The SMILES string of the molecule is CCNC(c1cc2ccc3ccccc3c2o1)C(C)C. The van der Waals surface area contributed by atoms with Crippen LogP contribution in [-0.2, 0) is 0 Å². The molecule has 0 aliphatic heterocycles. The summed E-state index contributed by atoms with van der Waals surface area (Å²) < 4.78 is 6.19. The fourth-order valence-electron chi connectivity index (χ4n) is 2.83. The van der Waals surface area contributed by atoms with Crippen molar-refractivity contribution >= 4 is 21.7 Å². The lowest BCUT2D eigenvalue weighted by molar-refractivity contribution is 0.357. The largest absolute Gasteiger partial charge is 0.459 e. The fourth-order valence-corrected chi connectivity index (χ4v) is 2.83. The standard InChI is InChI=1S/C18H21NO/c1-4-19-17(12(2)3)16-11-14-10-9-13-7-5-6-8-15(13)18(14)20-16/h5-12,17,19H,4H2,1-3H3. The van der Waals surface area contributed by atoms with Crippen LogP contribution in [0.2, 0.25) is 0 Å². The summed E-state index contributed by atoms with van der Waals surface area (Å²) in [6.45, 7) is 7.52. The van der Waals surface area contributed by atoms with Gasteiger partial charge in [-0.25, -0.2) is 0 Å². The first-order valence-electron chi connectivity index (χ1n) is 7.35. The summed E-state index contributed by atoms with van der Waals surface area (Å²) in [5, 5.41) is 7.11. The van der Waals surface area contributed by atoms with Crippen molar-refractivity contribution in [2.45, 2.75) is 26.8 Å². The summed E-state index contributed by atoms with van der Waals surface area (Å²) in [5.41, 5.74) is 1.00. The minimum Gasteiger partial charge on any atom is -0.459 e. The average Bonchev–Trinajstić information content (AvgIpc) is 2.88. The Morgan fingerprint density at radius 3 is 2.55 bits per heavy atom. The lowest BCUT2D eigenvalue weighted by Crippen LogP contribution is -2.24. The first kappa shape index (κ1) is 13.2. The third-order valence-corrected chi connectivity index (χ3v) is 3.82. The molecular formula is C18H21NO. The Morgan fingerprint density at radius 1 is 1.05 bits per heavy atom. The number of hydrogen-bond acceptors (Lipinski definition) is 2. The van der Waals surface area contributed by atoms with Gasteiger partial charge in [0.2, 0.25) is 0 Å². The number of hydrogen-bond donors (Lipinski definition) is 1. The lowest BCUT2D eigenvalue weighted by atomic mass is 10.0. The molecule has 104 valence electrons. The zero-order chi connectivity index (χ0) is 14.1. The van der Waals surface area contributed by atoms with E-state index in [0.29, 0.717) is 5.92 Å². The van der Waals surface area contributed by atoms with Gasteiger partial charge in [-0.3, -0.25) is 0 Å². The molecule has 0 saturated carbocycles. The van der Waals surface area contributed by atoms with Crippen molar-refractivity contribution in [3.8, 4) is 0 Å². The van der Waals surface area contributed by atoms with Gasteiger partial charge in [0.25, 0.3) is 0 Å². The van der Waals surface area contributed by atoms with Crippen LogP contribution >= 0.6 is 0 Å². The Kier molecular flexibility index (Phi) is 3.49. The maximum absolute atomic E-state index is 6.19. The van der Waals surface area contributed by atoms with E-state index in [2.05, 4.69) is 68.6 Å². The van der Waals surface area contributed by atoms with Gasteiger partial charge in [-0.1, -0.05) is 57.2 Å². The van der Waals surface area contributed by atoms with Gasteiger partial charge < -0.3 is 9.73 Å². The van der Waals surface area contributed by atoms with Gasteiger partial charge in [0.15, 0.2) is 0 Å². The molecule has 0 spiro atoms. The molecule has 0 aliphatic carbocycles. The zero-order valence-corrected chi connectivity index (χ0v) is 12.3. The quantitative estimate of drug-likeness (QED) is 0.728. The summed E-state index contributed by atoms with van der Waals surface area (Å²) in [4.78, 5) is 0. The second-order valence-corrected chi connectivity index (χ2v) is 5.63. The first-order valence-corrected chi connectivity index (χ1v) is 7.35. The number of rotatable bonds is 4. The molecule has 1 heterocycles.